The summed E-state index contributed by atoms with van der Waals surface area (Å²) in [6.45, 7) is 0. The third-order valence-electron chi connectivity index (χ3n) is 4.33. The second-order valence-electron chi connectivity index (χ2n) is 6.07. The van der Waals surface area contributed by atoms with Crippen LogP contribution in [0.4, 0.5) is 10.1 Å². The quantitative estimate of drug-likeness (QED) is 0.821. The number of carbonyl (C=O) groups excluding carboxylic acids is 1. The van der Waals surface area contributed by atoms with Gasteiger partial charge in [-0.15, -0.1) is 0 Å². The fraction of sp³-hybridized carbons (Fsp3) is 0.222. The molecule has 0 aliphatic carbocycles. The van der Waals surface area contributed by atoms with Crippen molar-refractivity contribution >= 4 is 34.4 Å². The maximum Gasteiger partial charge on any atom is 0.242 e. The van der Waals surface area contributed by atoms with Gasteiger partial charge in [0.25, 0.3) is 0 Å². The minimum absolute atomic E-state index is 0.0921. The van der Waals surface area contributed by atoms with Crippen molar-refractivity contribution in [3.8, 4) is 6.07 Å². The van der Waals surface area contributed by atoms with Crippen LogP contribution >= 0.6 is 11.6 Å². The molecule has 0 spiro atoms. The Morgan fingerprint density at radius 3 is 2.70 bits per heavy atom. The zero-order valence-electron chi connectivity index (χ0n) is 14.3. The molecule has 1 aliphatic heterocycles. The maximum absolute atomic E-state index is 13.3. The first kappa shape index (κ1) is 19.5. The SMILES string of the molecule is CN1C(C(=O)Nc2ccc(F)c(Cl)c2)CC(c2ccc(C#N)cc2)NS1=O. The smallest absolute Gasteiger partial charge is 0.242 e. The third-order valence-corrected chi connectivity index (χ3v) is 5.89. The Morgan fingerprint density at radius 2 is 2.07 bits per heavy atom. The lowest BCUT2D eigenvalue weighted by Gasteiger charge is -2.35. The van der Waals surface area contributed by atoms with Crippen LogP contribution in [0.1, 0.15) is 23.6 Å². The minimum atomic E-state index is -1.57. The molecule has 1 aliphatic rings. The van der Waals surface area contributed by atoms with Gasteiger partial charge >= 0.3 is 0 Å². The largest absolute Gasteiger partial charge is 0.325 e. The summed E-state index contributed by atoms with van der Waals surface area (Å²) in [4.78, 5) is 12.7. The van der Waals surface area contributed by atoms with E-state index in [1.54, 1.807) is 31.3 Å². The van der Waals surface area contributed by atoms with E-state index in [1.807, 2.05) is 6.07 Å². The monoisotopic (exact) mass is 406 g/mol. The number of benzene rings is 2. The zero-order valence-corrected chi connectivity index (χ0v) is 15.9. The lowest BCUT2D eigenvalue weighted by atomic mass is 9.98. The van der Waals surface area contributed by atoms with Gasteiger partial charge in [0.2, 0.25) is 5.91 Å². The van der Waals surface area contributed by atoms with Gasteiger partial charge < -0.3 is 5.32 Å². The van der Waals surface area contributed by atoms with Crippen molar-refractivity contribution in [1.29, 1.82) is 5.26 Å². The van der Waals surface area contributed by atoms with Crippen LogP contribution in [0.3, 0.4) is 0 Å². The highest BCUT2D eigenvalue weighted by molar-refractivity contribution is 7.80. The Morgan fingerprint density at radius 1 is 1.37 bits per heavy atom. The predicted molar refractivity (Wildman–Crippen MR) is 101 cm³/mol. The molecule has 0 saturated carbocycles. The van der Waals surface area contributed by atoms with Crippen LogP contribution in [0.15, 0.2) is 42.5 Å². The van der Waals surface area contributed by atoms with E-state index in [1.165, 1.54) is 22.5 Å². The summed E-state index contributed by atoms with van der Waals surface area (Å²) in [6.07, 6.45) is 0.370. The average Bonchev–Trinajstić information content (AvgIpc) is 2.66. The van der Waals surface area contributed by atoms with E-state index in [0.717, 1.165) is 5.56 Å². The molecule has 1 saturated heterocycles. The fourth-order valence-corrected chi connectivity index (χ4v) is 4.04. The first-order chi connectivity index (χ1) is 12.9. The van der Waals surface area contributed by atoms with Gasteiger partial charge in [-0.25, -0.2) is 17.6 Å². The highest BCUT2D eigenvalue weighted by Crippen LogP contribution is 2.27. The Balaban J connectivity index is 1.78. The van der Waals surface area contributed by atoms with Crippen LogP contribution in [0.2, 0.25) is 5.02 Å². The lowest BCUT2D eigenvalue weighted by molar-refractivity contribution is -0.120. The summed E-state index contributed by atoms with van der Waals surface area (Å²) >= 11 is 4.18. The summed E-state index contributed by atoms with van der Waals surface area (Å²) in [6, 6.07) is 11.9. The van der Waals surface area contributed by atoms with E-state index in [2.05, 4.69) is 10.0 Å². The molecule has 1 heterocycles. The second-order valence-corrected chi connectivity index (χ2v) is 7.79. The summed E-state index contributed by atoms with van der Waals surface area (Å²) in [5.41, 5.74) is 1.72. The molecule has 0 aromatic heterocycles. The fourth-order valence-electron chi connectivity index (χ4n) is 2.81. The number of rotatable bonds is 3. The molecule has 3 atom stereocenters. The van der Waals surface area contributed by atoms with E-state index in [-0.39, 0.29) is 17.0 Å². The minimum Gasteiger partial charge on any atom is -0.325 e. The van der Waals surface area contributed by atoms with Crippen molar-refractivity contribution < 1.29 is 13.4 Å². The van der Waals surface area contributed by atoms with Crippen molar-refractivity contribution in [2.45, 2.75) is 18.5 Å². The Hall–Kier alpha value is -2.31. The number of hydrogen-bond acceptors (Lipinski definition) is 3. The average molecular weight is 407 g/mol. The number of nitriles is 1. The number of carbonyl (C=O) groups is 1. The number of nitrogens with zero attached hydrogens (tertiary/aromatic N) is 2. The molecule has 1 fully saturated rings. The molecular weight excluding hydrogens is 391 g/mol. The van der Waals surface area contributed by atoms with Crippen LogP contribution in [0.25, 0.3) is 0 Å². The normalized spacial score (nSPS) is 22.8. The Kier molecular flexibility index (Phi) is 5.87. The van der Waals surface area contributed by atoms with Gasteiger partial charge in [0.05, 0.1) is 16.7 Å². The first-order valence-corrected chi connectivity index (χ1v) is 9.54. The van der Waals surface area contributed by atoms with Crippen LogP contribution in [-0.4, -0.2) is 27.5 Å². The number of hydrogen-bond donors (Lipinski definition) is 2. The summed E-state index contributed by atoms with van der Waals surface area (Å²) in [5, 5.41) is 11.5. The molecule has 27 heavy (non-hydrogen) atoms. The summed E-state index contributed by atoms with van der Waals surface area (Å²) in [5.74, 6) is -0.940. The molecule has 2 aromatic carbocycles. The molecule has 1 amide bonds. The summed E-state index contributed by atoms with van der Waals surface area (Å²) in [7, 11) is 1.58. The highest BCUT2D eigenvalue weighted by Gasteiger charge is 2.36. The number of nitrogens with one attached hydrogen (secondary N) is 2. The lowest BCUT2D eigenvalue weighted by Crippen LogP contribution is -2.53. The highest BCUT2D eigenvalue weighted by atomic mass is 35.5. The van der Waals surface area contributed by atoms with Gasteiger partial charge in [-0.3, -0.25) is 4.79 Å². The van der Waals surface area contributed by atoms with Crippen molar-refractivity contribution in [2.75, 3.05) is 12.4 Å². The van der Waals surface area contributed by atoms with E-state index >= 15 is 0 Å². The zero-order chi connectivity index (χ0) is 19.6. The Labute approximate surface area is 163 Å². The third kappa shape index (κ3) is 4.34. The first-order valence-electron chi connectivity index (χ1n) is 8.06. The standard InChI is InChI=1S/C18H16ClFN4O2S/c1-24-17(18(25)22-13-6-7-15(20)14(19)8-13)9-16(23-27(24)26)12-4-2-11(10-21)3-5-12/h2-8,16-17,23H,9H2,1H3,(H,22,25). The molecule has 2 aromatic rings. The molecule has 140 valence electrons. The number of halogens is 2. The van der Waals surface area contributed by atoms with Gasteiger partial charge in [-0.1, -0.05) is 23.7 Å². The van der Waals surface area contributed by atoms with E-state index in [0.29, 0.717) is 17.7 Å². The van der Waals surface area contributed by atoms with Crippen LogP contribution in [0, 0.1) is 17.1 Å². The van der Waals surface area contributed by atoms with Gasteiger partial charge in [0, 0.05) is 18.8 Å². The second kappa shape index (κ2) is 8.15. The van der Waals surface area contributed by atoms with Crippen molar-refractivity contribution in [3.05, 3.63) is 64.4 Å². The molecule has 0 radical (unpaired) electrons. The van der Waals surface area contributed by atoms with Gasteiger partial charge in [-0.2, -0.15) is 5.26 Å². The molecule has 3 unspecified atom stereocenters. The molecule has 6 nitrogen and oxygen atoms in total. The van der Waals surface area contributed by atoms with Gasteiger partial charge in [-0.05, 0) is 42.3 Å². The molecule has 2 N–H and O–H groups in total. The topological polar surface area (TPSA) is 85.2 Å². The summed E-state index contributed by atoms with van der Waals surface area (Å²) < 4.78 is 30.0. The molecule has 3 rings (SSSR count). The van der Waals surface area contributed by atoms with Crippen molar-refractivity contribution in [3.63, 3.8) is 0 Å². The van der Waals surface area contributed by atoms with Crippen LogP contribution in [-0.2, 0) is 16.0 Å². The van der Waals surface area contributed by atoms with Gasteiger partial charge in [0.15, 0.2) is 11.2 Å². The van der Waals surface area contributed by atoms with Crippen LogP contribution in [0.5, 0.6) is 0 Å². The van der Waals surface area contributed by atoms with E-state index < -0.39 is 23.0 Å². The molecule has 9 heteroatoms. The Bertz CT molecular complexity index is 932. The number of anilines is 1. The number of amides is 1. The van der Waals surface area contributed by atoms with E-state index in [4.69, 9.17) is 16.9 Å². The molecule has 0 bridgehead atoms. The molecular formula is C18H16ClFN4O2S. The number of likely N-dealkylation sites (N-methyl/N-ethyl adjacent to an activating group) is 1. The van der Waals surface area contributed by atoms with Crippen molar-refractivity contribution in [1.82, 2.24) is 9.03 Å². The van der Waals surface area contributed by atoms with Crippen molar-refractivity contribution in [2.24, 2.45) is 0 Å². The van der Waals surface area contributed by atoms with Gasteiger partial charge in [0.1, 0.15) is 11.9 Å². The maximum atomic E-state index is 13.3. The van der Waals surface area contributed by atoms with E-state index in [9.17, 15) is 13.4 Å². The predicted octanol–water partition coefficient (Wildman–Crippen LogP) is 2.90. The van der Waals surface area contributed by atoms with Crippen LogP contribution < -0.4 is 10.0 Å².